The molecule has 0 bridgehead atoms. The molecule has 0 heterocycles. The van der Waals surface area contributed by atoms with Gasteiger partial charge in [0, 0.05) is 11.3 Å². The van der Waals surface area contributed by atoms with Crippen LogP contribution in [0.5, 0.6) is 0 Å². The fourth-order valence-electron chi connectivity index (χ4n) is 3.74. The molecule has 2 nitrogen and oxygen atoms in total. The number of hydrogen-bond acceptors (Lipinski definition) is 2. The number of hydrogen-bond donors (Lipinski definition) is 0. The summed E-state index contributed by atoms with van der Waals surface area (Å²) in [6.45, 7) is 2.90. The average molecular weight is 286 g/mol. The van der Waals surface area contributed by atoms with Crippen LogP contribution in [0.1, 0.15) is 84.0 Å². The zero-order valence-corrected chi connectivity index (χ0v) is 13.5. The molecular formula is C16H31O2P. The largest absolute Gasteiger partial charge is 0.328 e. The highest BCUT2D eigenvalue weighted by molar-refractivity contribution is 7.60. The summed E-state index contributed by atoms with van der Waals surface area (Å²) in [6, 6.07) is 0. The molecule has 0 aromatic heterocycles. The van der Waals surface area contributed by atoms with Crippen LogP contribution in [-0.4, -0.2) is 17.9 Å². The second-order valence-electron chi connectivity index (χ2n) is 6.42. The fourth-order valence-corrected chi connectivity index (χ4v) is 7.34. The van der Waals surface area contributed by atoms with Gasteiger partial charge in [-0.3, -0.25) is 4.57 Å². The van der Waals surface area contributed by atoms with Gasteiger partial charge >= 0.3 is 0 Å². The van der Waals surface area contributed by atoms with E-state index in [1.165, 1.54) is 38.5 Å². The molecule has 112 valence electrons. The summed E-state index contributed by atoms with van der Waals surface area (Å²) >= 11 is 0. The van der Waals surface area contributed by atoms with Crippen LogP contribution in [0.2, 0.25) is 0 Å². The number of rotatable bonds is 6. The van der Waals surface area contributed by atoms with Gasteiger partial charge in [0.25, 0.3) is 0 Å². The highest BCUT2D eigenvalue weighted by Crippen LogP contribution is 2.63. The van der Waals surface area contributed by atoms with Crippen molar-refractivity contribution < 1.29 is 9.09 Å². The van der Waals surface area contributed by atoms with Gasteiger partial charge in [-0.1, -0.05) is 51.9 Å². The molecule has 0 aliphatic heterocycles. The minimum absolute atomic E-state index is 0.390. The Morgan fingerprint density at radius 3 is 1.79 bits per heavy atom. The molecule has 0 amide bonds. The van der Waals surface area contributed by atoms with Crippen molar-refractivity contribution in [3.63, 3.8) is 0 Å². The molecule has 0 spiro atoms. The Morgan fingerprint density at radius 2 is 1.37 bits per heavy atom. The lowest BCUT2D eigenvalue weighted by atomic mass is 10.00. The topological polar surface area (TPSA) is 26.3 Å². The Hall–Kier alpha value is 0.190. The molecule has 2 saturated carbocycles. The molecule has 19 heavy (non-hydrogen) atoms. The van der Waals surface area contributed by atoms with Crippen molar-refractivity contribution in [2.24, 2.45) is 0 Å². The lowest BCUT2D eigenvalue weighted by molar-refractivity contribution is 0.276. The van der Waals surface area contributed by atoms with Crippen molar-refractivity contribution in [3.8, 4) is 0 Å². The second kappa shape index (κ2) is 7.84. The Labute approximate surface area is 119 Å². The molecule has 0 radical (unpaired) electrons. The highest BCUT2D eigenvalue weighted by Gasteiger charge is 2.42. The maximum Gasteiger partial charge on any atom is 0.209 e. The van der Waals surface area contributed by atoms with Crippen LogP contribution < -0.4 is 0 Å². The summed E-state index contributed by atoms with van der Waals surface area (Å²) in [5.41, 5.74) is 0.780. The van der Waals surface area contributed by atoms with Crippen LogP contribution in [0.15, 0.2) is 0 Å². The van der Waals surface area contributed by atoms with Crippen LogP contribution >= 0.6 is 7.37 Å². The Balaban J connectivity index is 2.03. The molecule has 0 N–H and O–H groups in total. The van der Waals surface area contributed by atoms with Crippen LogP contribution in [0, 0.1) is 0 Å². The molecule has 2 rings (SSSR count). The van der Waals surface area contributed by atoms with Gasteiger partial charge in [-0.25, -0.2) is 0 Å². The van der Waals surface area contributed by atoms with Crippen LogP contribution in [0.4, 0.5) is 0 Å². The van der Waals surface area contributed by atoms with E-state index in [1.807, 2.05) is 0 Å². The van der Waals surface area contributed by atoms with E-state index in [0.29, 0.717) is 11.3 Å². The second-order valence-corrected chi connectivity index (χ2v) is 9.42. The Morgan fingerprint density at radius 1 is 0.895 bits per heavy atom. The van der Waals surface area contributed by atoms with Crippen LogP contribution in [0.25, 0.3) is 0 Å². The van der Waals surface area contributed by atoms with Crippen molar-refractivity contribution in [1.29, 1.82) is 0 Å². The highest BCUT2D eigenvalue weighted by atomic mass is 31.2. The maximum atomic E-state index is 13.6. The first kappa shape index (κ1) is 15.6. The average Bonchev–Trinajstić information content (AvgIpc) is 2.49. The third-order valence-corrected chi connectivity index (χ3v) is 8.61. The summed E-state index contributed by atoms with van der Waals surface area (Å²) in [4.78, 5) is 0. The first-order valence-corrected chi connectivity index (χ1v) is 10.3. The van der Waals surface area contributed by atoms with Crippen molar-refractivity contribution >= 4 is 7.37 Å². The molecule has 0 atom stereocenters. The van der Waals surface area contributed by atoms with E-state index in [-0.39, 0.29) is 0 Å². The van der Waals surface area contributed by atoms with Crippen LogP contribution in [0.3, 0.4) is 0 Å². The minimum Gasteiger partial charge on any atom is -0.328 e. The van der Waals surface area contributed by atoms with Gasteiger partial charge in [0.2, 0.25) is 7.37 Å². The van der Waals surface area contributed by atoms with Gasteiger partial charge in [-0.05, 0) is 32.1 Å². The molecule has 0 unspecified atom stereocenters. The molecule has 0 aromatic rings. The van der Waals surface area contributed by atoms with Gasteiger partial charge in [0.05, 0.1) is 6.61 Å². The van der Waals surface area contributed by atoms with Gasteiger partial charge in [0.15, 0.2) is 0 Å². The van der Waals surface area contributed by atoms with Crippen molar-refractivity contribution in [3.05, 3.63) is 0 Å². The quantitative estimate of drug-likeness (QED) is 0.459. The fraction of sp³-hybridized carbons (Fsp3) is 1.00. The zero-order chi connectivity index (χ0) is 13.6. The Bertz CT molecular complexity index is 269. The monoisotopic (exact) mass is 286 g/mol. The normalized spacial score (nSPS) is 23.6. The van der Waals surface area contributed by atoms with Gasteiger partial charge < -0.3 is 4.52 Å². The molecule has 0 aromatic carbocycles. The lowest BCUT2D eigenvalue weighted by Crippen LogP contribution is -2.25. The molecule has 2 aliphatic carbocycles. The predicted molar refractivity (Wildman–Crippen MR) is 82.2 cm³/mol. The van der Waals surface area contributed by atoms with E-state index in [9.17, 15) is 4.57 Å². The van der Waals surface area contributed by atoms with Crippen molar-refractivity contribution in [2.45, 2.75) is 95.3 Å². The minimum atomic E-state index is -2.40. The summed E-state index contributed by atoms with van der Waals surface area (Å²) in [5.74, 6) is 0. The molecule has 0 saturated heterocycles. The van der Waals surface area contributed by atoms with E-state index in [2.05, 4.69) is 6.92 Å². The van der Waals surface area contributed by atoms with E-state index < -0.39 is 7.37 Å². The van der Waals surface area contributed by atoms with Crippen molar-refractivity contribution in [1.82, 2.24) is 0 Å². The van der Waals surface area contributed by atoms with E-state index in [1.54, 1.807) is 0 Å². The standard InChI is InChI=1S/C16H31O2P/c1-2-3-14-18-19(17,15-10-6-4-7-11-15)16-12-8-5-9-13-16/h15-16H,2-14H2,1H3. The Kier molecular flexibility index (Phi) is 6.42. The molecule has 3 heteroatoms. The molecule has 2 aliphatic rings. The van der Waals surface area contributed by atoms with Gasteiger partial charge in [-0.2, -0.15) is 0 Å². The molecular weight excluding hydrogens is 255 g/mol. The van der Waals surface area contributed by atoms with E-state index >= 15 is 0 Å². The summed E-state index contributed by atoms with van der Waals surface area (Å²) in [7, 11) is -2.40. The predicted octanol–water partition coefficient (Wildman–Crippen LogP) is 5.75. The molecule has 2 fully saturated rings. The summed E-state index contributed by atoms with van der Waals surface area (Å²) < 4.78 is 19.7. The van der Waals surface area contributed by atoms with Gasteiger partial charge in [-0.15, -0.1) is 0 Å². The summed E-state index contributed by atoms with van der Waals surface area (Å²) in [6.07, 6.45) is 14.5. The lowest BCUT2D eigenvalue weighted by Gasteiger charge is -2.37. The zero-order valence-electron chi connectivity index (χ0n) is 12.6. The smallest absolute Gasteiger partial charge is 0.209 e. The van der Waals surface area contributed by atoms with Crippen LogP contribution in [-0.2, 0) is 9.09 Å². The SMILES string of the molecule is CCCCOP(=O)(C1CCCCC1)C1CCCCC1. The third-order valence-electron chi connectivity index (χ3n) is 4.96. The third kappa shape index (κ3) is 4.08. The maximum absolute atomic E-state index is 13.6. The number of unbranched alkanes of at least 4 members (excludes halogenated alkanes) is 1. The van der Waals surface area contributed by atoms with Gasteiger partial charge in [0.1, 0.15) is 0 Å². The van der Waals surface area contributed by atoms with Crippen molar-refractivity contribution in [2.75, 3.05) is 6.61 Å². The van der Waals surface area contributed by atoms with E-state index in [0.717, 1.165) is 45.1 Å². The summed E-state index contributed by atoms with van der Waals surface area (Å²) in [5, 5.41) is 0. The first-order chi connectivity index (χ1) is 9.27. The first-order valence-electron chi connectivity index (χ1n) is 8.51. The van der Waals surface area contributed by atoms with E-state index in [4.69, 9.17) is 4.52 Å².